The summed E-state index contributed by atoms with van der Waals surface area (Å²) in [6, 6.07) is 0. The van der Waals surface area contributed by atoms with E-state index in [1.165, 1.54) is 77.0 Å². The summed E-state index contributed by atoms with van der Waals surface area (Å²) >= 11 is 0. The molecule has 0 amide bonds. The zero-order chi connectivity index (χ0) is 45.5. The molecule has 4 aromatic rings. The van der Waals surface area contributed by atoms with Gasteiger partial charge in [-0.1, -0.05) is 71.1 Å². The number of hydrogen-bond donors (Lipinski definition) is 1. The van der Waals surface area contributed by atoms with Crippen LogP contribution in [-0.4, -0.2) is 12.7 Å². The van der Waals surface area contributed by atoms with Gasteiger partial charge in [0.1, 0.15) is 52.7 Å². The molecule has 0 bridgehead atoms. The molecule has 0 fully saturated rings. The van der Waals surface area contributed by atoms with E-state index in [2.05, 4.69) is 12.7 Å². The van der Waals surface area contributed by atoms with Crippen LogP contribution in [-0.2, 0) is 0 Å². The van der Waals surface area contributed by atoms with Gasteiger partial charge in [0.25, 0.3) is 0 Å². The summed E-state index contributed by atoms with van der Waals surface area (Å²) in [5, 5.41) is 0. The Morgan fingerprint density at radius 2 is 0.400 bits per heavy atom. The molecule has 0 aliphatic heterocycles. The molecule has 4 rings (SSSR count). The van der Waals surface area contributed by atoms with Gasteiger partial charge in [-0.15, -0.1) is 21.9 Å². The molecule has 0 saturated heterocycles. The summed E-state index contributed by atoms with van der Waals surface area (Å²) < 4.78 is 294. The highest BCUT2D eigenvalue weighted by atomic mass is 19.2. The molecule has 0 unspecified atom stereocenters. The molecule has 22 heteroatoms. The van der Waals surface area contributed by atoms with Gasteiger partial charge in [0, 0.05) is 0 Å². The molecule has 0 aliphatic carbocycles. The van der Waals surface area contributed by atoms with Crippen molar-refractivity contribution in [2.24, 2.45) is 0 Å². The highest BCUT2D eigenvalue weighted by Crippen LogP contribution is 2.30. The molecule has 4 aromatic carbocycles. The summed E-state index contributed by atoms with van der Waals surface area (Å²) in [7, 11) is 0. The fraction of sp³-hybridized carbons (Fsp3) is 0.368. The minimum Gasteiger partial charge on any atom is -0.358 e. The van der Waals surface area contributed by atoms with Gasteiger partial charge in [0.15, 0.2) is 69.8 Å². The minimum absolute atomic E-state index is 1.12. The van der Waals surface area contributed by atoms with Crippen molar-refractivity contribution in [3.8, 4) is 0 Å². The van der Waals surface area contributed by atoms with Crippen LogP contribution in [0.5, 0.6) is 0 Å². The Bertz CT molecular complexity index is 1800. The van der Waals surface area contributed by atoms with Gasteiger partial charge in [0.05, 0.1) is 6.54 Å². The van der Waals surface area contributed by atoms with Gasteiger partial charge in [-0.3, -0.25) is 0 Å². The first kappa shape index (κ1) is 49.9. The third kappa shape index (κ3) is 9.07. The lowest BCUT2D eigenvalue weighted by Gasteiger charge is -2.44. The van der Waals surface area contributed by atoms with Crippen LogP contribution in [0.4, 0.5) is 87.8 Å². The summed E-state index contributed by atoms with van der Waals surface area (Å²) in [5.41, 5.74) is -10.5. The van der Waals surface area contributed by atoms with Crippen LogP contribution in [0, 0.1) is 116 Å². The second-order valence-corrected chi connectivity index (χ2v) is 13.5. The Labute approximate surface area is 328 Å². The second kappa shape index (κ2) is 20.9. The van der Waals surface area contributed by atoms with Gasteiger partial charge in [-0.05, 0) is 12.8 Å². The number of unbranched alkanes of at least 4 members (excludes halogenated alkanes) is 11. The van der Waals surface area contributed by atoms with Gasteiger partial charge < -0.3 is 5.73 Å². The first-order valence-corrected chi connectivity index (χ1v) is 18.1. The summed E-state index contributed by atoms with van der Waals surface area (Å²) in [4.78, 5) is 0. The molecule has 0 aromatic heterocycles. The van der Waals surface area contributed by atoms with Gasteiger partial charge in [0.2, 0.25) is 0 Å². The Hall–Kier alpha value is -4.50. The molecule has 60 heavy (non-hydrogen) atoms. The van der Waals surface area contributed by atoms with Crippen LogP contribution < -0.4 is 27.6 Å². The Balaban J connectivity index is 0.000000544. The number of hydrogen-bond acceptors (Lipinski definition) is 0. The van der Waals surface area contributed by atoms with Crippen LogP contribution in [0.1, 0.15) is 84.0 Å². The molecule has 0 radical (unpaired) electrons. The van der Waals surface area contributed by atoms with Crippen LogP contribution in [0.15, 0.2) is 0 Å². The fourth-order valence-corrected chi connectivity index (χ4v) is 6.89. The molecule has 0 heterocycles. The average Bonchev–Trinajstić information content (AvgIpc) is 3.22. The van der Waals surface area contributed by atoms with Gasteiger partial charge in [-0.25, -0.2) is 87.8 Å². The lowest BCUT2D eigenvalue weighted by Crippen LogP contribution is -2.81. The topological polar surface area (TPSA) is 27.6 Å². The fourth-order valence-electron chi connectivity index (χ4n) is 6.89. The van der Waals surface area contributed by atoms with E-state index < -0.39 is 144 Å². The Morgan fingerprint density at radius 1 is 0.250 bits per heavy atom. The number of quaternary nitrogens is 1. The molecular weight excluding hydrogens is 861 g/mol. The predicted octanol–water partition coefficient (Wildman–Crippen LogP) is 9.78. The van der Waals surface area contributed by atoms with Crippen molar-refractivity contribution in [3.05, 3.63) is 116 Å². The number of halogens is 20. The first-order chi connectivity index (χ1) is 28.1. The number of benzene rings is 4. The molecule has 0 aliphatic rings. The summed E-state index contributed by atoms with van der Waals surface area (Å²) in [6.45, 7) is 3.41. The SMILES string of the molecule is CCCCCCCCCCCCCC[NH3+].Fc1c(F)c(F)c([B-](c2c(F)c(F)c(F)c(F)c2F)(c2c(F)c(F)c(F)c(F)c2F)c2c(F)c(F)c(F)c(F)c2F)c(F)c1F. The van der Waals surface area contributed by atoms with E-state index in [9.17, 15) is 52.7 Å². The van der Waals surface area contributed by atoms with Crippen molar-refractivity contribution in [3.63, 3.8) is 0 Å². The third-order valence-electron chi connectivity index (χ3n) is 9.81. The summed E-state index contributed by atoms with van der Waals surface area (Å²) in [5.74, 6) is -71.4. The standard InChI is InChI=1S/C24BF20.C14H31N/c26-5-1(6(27)14(35)21(42)13(5)34)25(2-7(28)15(36)22(43)16(37)8(2)29,3-9(30)17(38)23(44)18(39)10(3)31)4-11(32)19(40)24(45)20(41)12(4)33;1-2-3-4-5-6-7-8-9-10-11-12-13-14-15/h;2-15H2,1H3/q-1;/p+1. The minimum atomic E-state index is -7.22. The summed E-state index contributed by atoms with van der Waals surface area (Å²) in [6.07, 6.45) is 10.0. The van der Waals surface area contributed by atoms with Crippen molar-refractivity contribution in [1.82, 2.24) is 0 Å². The first-order valence-electron chi connectivity index (χ1n) is 18.1. The van der Waals surface area contributed by atoms with Crippen molar-refractivity contribution >= 4 is 28.0 Å². The lowest BCUT2D eigenvalue weighted by molar-refractivity contribution is -0.368. The van der Waals surface area contributed by atoms with E-state index in [1.54, 1.807) is 0 Å². The van der Waals surface area contributed by atoms with Crippen molar-refractivity contribution in [2.45, 2.75) is 84.0 Å². The third-order valence-corrected chi connectivity index (χ3v) is 9.81. The highest BCUT2D eigenvalue weighted by Gasteiger charge is 2.52. The Morgan fingerprint density at radius 3 is 0.567 bits per heavy atom. The normalized spacial score (nSPS) is 11.7. The van der Waals surface area contributed by atoms with Gasteiger partial charge >= 0.3 is 0 Å². The maximum atomic E-state index is 15.4. The average molecular weight is 893 g/mol. The predicted molar refractivity (Wildman–Crippen MR) is 178 cm³/mol. The maximum Gasteiger partial charge on any atom is 0.200 e. The van der Waals surface area contributed by atoms with E-state index >= 15 is 35.1 Å². The second-order valence-electron chi connectivity index (χ2n) is 13.5. The van der Waals surface area contributed by atoms with Crippen LogP contribution >= 0.6 is 0 Å². The van der Waals surface area contributed by atoms with E-state index in [-0.39, 0.29) is 0 Å². The van der Waals surface area contributed by atoms with E-state index in [0.29, 0.717) is 0 Å². The zero-order valence-corrected chi connectivity index (χ0v) is 31.0. The monoisotopic (exact) mass is 893 g/mol. The van der Waals surface area contributed by atoms with E-state index in [1.807, 2.05) is 0 Å². The molecule has 3 N–H and O–H groups in total. The highest BCUT2D eigenvalue weighted by molar-refractivity contribution is 7.20. The van der Waals surface area contributed by atoms with Crippen molar-refractivity contribution < 1.29 is 93.5 Å². The smallest absolute Gasteiger partial charge is 0.200 e. The van der Waals surface area contributed by atoms with Crippen molar-refractivity contribution in [1.29, 1.82) is 0 Å². The van der Waals surface area contributed by atoms with Crippen LogP contribution in [0.25, 0.3) is 0 Å². The van der Waals surface area contributed by atoms with Crippen LogP contribution in [0.3, 0.4) is 0 Å². The largest absolute Gasteiger partial charge is 0.358 e. The number of rotatable bonds is 16. The molecule has 0 saturated carbocycles. The maximum absolute atomic E-state index is 15.4. The quantitative estimate of drug-likeness (QED) is 0.0382. The lowest BCUT2D eigenvalue weighted by atomic mass is 9.12. The molecule has 0 atom stereocenters. The molecule has 332 valence electrons. The van der Waals surface area contributed by atoms with E-state index in [4.69, 9.17) is 0 Å². The van der Waals surface area contributed by atoms with Gasteiger partial charge in [-0.2, -0.15) is 0 Å². The van der Waals surface area contributed by atoms with Crippen LogP contribution in [0.2, 0.25) is 0 Å². The van der Waals surface area contributed by atoms with E-state index in [0.717, 1.165) is 6.54 Å². The molecular formula is C38H32BF20N. The molecule has 1 nitrogen and oxygen atoms in total. The zero-order valence-electron chi connectivity index (χ0n) is 31.0. The Kier molecular flexibility index (Phi) is 17.3. The van der Waals surface area contributed by atoms with Crippen molar-refractivity contribution in [2.75, 3.05) is 6.54 Å². The molecule has 0 spiro atoms.